The highest BCUT2D eigenvalue weighted by Crippen LogP contribution is 2.30. The van der Waals surface area contributed by atoms with Crippen molar-refractivity contribution in [3.8, 4) is 5.75 Å². The number of hydrogen-bond acceptors (Lipinski definition) is 6. The van der Waals surface area contributed by atoms with Crippen molar-refractivity contribution in [2.45, 2.75) is 26.7 Å². The molecule has 32 heavy (non-hydrogen) atoms. The smallest absolute Gasteiger partial charge is 0.251 e. The molecule has 0 radical (unpaired) electrons. The van der Waals surface area contributed by atoms with E-state index in [1.165, 1.54) is 10.3 Å². The minimum Gasteiger partial charge on any atom is -0.494 e. The molecule has 2 heterocycles. The zero-order chi connectivity index (χ0) is 22.3. The largest absolute Gasteiger partial charge is 0.494 e. The van der Waals surface area contributed by atoms with E-state index in [0.717, 1.165) is 62.0 Å². The van der Waals surface area contributed by atoms with Crippen molar-refractivity contribution in [2.24, 2.45) is 0 Å². The number of rotatable bonds is 9. The first-order chi connectivity index (χ1) is 15.6. The highest BCUT2D eigenvalue weighted by molar-refractivity contribution is 7.22. The van der Waals surface area contributed by atoms with Crippen LogP contribution in [0, 0.1) is 6.92 Å². The van der Waals surface area contributed by atoms with Crippen LogP contribution in [0.3, 0.4) is 0 Å². The number of aryl methyl sites for hydroxylation is 1. The summed E-state index contributed by atoms with van der Waals surface area (Å²) in [6.45, 7) is 10.3. The molecule has 0 unspecified atom stereocenters. The van der Waals surface area contributed by atoms with Gasteiger partial charge in [0.05, 0.1) is 16.8 Å². The maximum Gasteiger partial charge on any atom is 0.251 e. The number of benzene rings is 2. The Hall–Kier alpha value is -2.64. The third kappa shape index (κ3) is 5.58. The molecule has 1 amide bonds. The minimum absolute atomic E-state index is 0.0468. The molecule has 170 valence electrons. The molecule has 1 saturated heterocycles. The summed E-state index contributed by atoms with van der Waals surface area (Å²) >= 11 is 1.77. The van der Waals surface area contributed by atoms with E-state index in [-0.39, 0.29) is 5.91 Å². The molecule has 1 aliphatic heterocycles. The normalized spacial score (nSPS) is 14.6. The van der Waals surface area contributed by atoms with E-state index in [1.807, 2.05) is 24.3 Å². The lowest BCUT2D eigenvalue weighted by molar-refractivity contribution is 0.0947. The van der Waals surface area contributed by atoms with Gasteiger partial charge in [-0.15, -0.1) is 0 Å². The molecule has 6 nitrogen and oxygen atoms in total. The monoisotopic (exact) mass is 452 g/mol. The number of amides is 1. The second-order valence-corrected chi connectivity index (χ2v) is 9.24. The Balaban J connectivity index is 1.21. The molecule has 1 fully saturated rings. The average Bonchev–Trinajstić information content (AvgIpc) is 3.26. The lowest BCUT2D eigenvalue weighted by Gasteiger charge is -2.34. The number of carbonyl (C=O) groups is 1. The Labute approximate surface area is 194 Å². The van der Waals surface area contributed by atoms with Gasteiger partial charge in [-0.3, -0.25) is 9.69 Å². The van der Waals surface area contributed by atoms with Gasteiger partial charge in [0.25, 0.3) is 5.91 Å². The number of piperazine rings is 1. The van der Waals surface area contributed by atoms with Crippen LogP contribution in [0.25, 0.3) is 10.2 Å². The second-order valence-electron chi connectivity index (χ2n) is 8.23. The van der Waals surface area contributed by atoms with E-state index in [1.54, 1.807) is 11.3 Å². The fourth-order valence-electron chi connectivity index (χ4n) is 3.86. The van der Waals surface area contributed by atoms with Gasteiger partial charge in [-0.05, 0) is 43.2 Å². The fraction of sp³-hybridized carbons (Fsp3) is 0.440. The number of para-hydroxylation sites is 1. The van der Waals surface area contributed by atoms with Crippen molar-refractivity contribution < 1.29 is 9.53 Å². The number of carbonyl (C=O) groups excluding carboxylic acids is 1. The van der Waals surface area contributed by atoms with E-state index >= 15 is 0 Å². The number of ether oxygens (including phenoxy) is 1. The fourth-order valence-corrected chi connectivity index (χ4v) is 4.96. The number of anilines is 1. The molecule has 0 aliphatic carbocycles. The number of hydrogen-bond donors (Lipinski definition) is 1. The van der Waals surface area contributed by atoms with Gasteiger partial charge < -0.3 is 15.0 Å². The zero-order valence-electron chi connectivity index (χ0n) is 19.0. The first kappa shape index (κ1) is 22.6. The van der Waals surface area contributed by atoms with E-state index in [0.29, 0.717) is 18.7 Å². The Bertz CT molecular complexity index is 1040. The molecule has 3 aromatic rings. The summed E-state index contributed by atoms with van der Waals surface area (Å²) in [5, 5.41) is 4.16. The van der Waals surface area contributed by atoms with Crippen LogP contribution in [0.15, 0.2) is 42.5 Å². The lowest BCUT2D eigenvalue weighted by atomic mass is 10.2. The quantitative estimate of drug-likeness (QED) is 0.490. The molecular weight excluding hydrogens is 420 g/mol. The highest BCUT2D eigenvalue weighted by atomic mass is 32.1. The maximum absolute atomic E-state index is 12.5. The van der Waals surface area contributed by atoms with Gasteiger partial charge in [0.1, 0.15) is 5.75 Å². The van der Waals surface area contributed by atoms with Crippen LogP contribution < -0.4 is 15.0 Å². The molecule has 0 spiro atoms. The van der Waals surface area contributed by atoms with E-state index < -0.39 is 0 Å². The Kier molecular flexibility index (Phi) is 7.60. The summed E-state index contributed by atoms with van der Waals surface area (Å²) in [7, 11) is 0. The van der Waals surface area contributed by atoms with Gasteiger partial charge in [0.15, 0.2) is 5.13 Å². The van der Waals surface area contributed by atoms with Crippen LogP contribution in [-0.2, 0) is 0 Å². The number of aromatic nitrogens is 1. The predicted octanol–water partition coefficient (Wildman–Crippen LogP) is 4.34. The molecule has 1 aromatic heterocycles. The molecule has 1 aliphatic rings. The van der Waals surface area contributed by atoms with E-state index in [4.69, 9.17) is 9.72 Å². The van der Waals surface area contributed by atoms with Gasteiger partial charge in [0.2, 0.25) is 0 Å². The molecule has 0 saturated carbocycles. The van der Waals surface area contributed by atoms with Gasteiger partial charge in [0, 0.05) is 44.8 Å². The van der Waals surface area contributed by atoms with Crippen LogP contribution in [0.1, 0.15) is 35.7 Å². The minimum atomic E-state index is -0.0468. The van der Waals surface area contributed by atoms with Crippen LogP contribution >= 0.6 is 11.3 Å². The van der Waals surface area contributed by atoms with Gasteiger partial charge in [-0.1, -0.05) is 42.9 Å². The Morgan fingerprint density at radius 1 is 1.16 bits per heavy atom. The summed E-state index contributed by atoms with van der Waals surface area (Å²) in [5.74, 6) is 0.710. The van der Waals surface area contributed by atoms with Crippen molar-refractivity contribution in [1.29, 1.82) is 0 Å². The summed E-state index contributed by atoms with van der Waals surface area (Å²) < 4.78 is 6.97. The average molecular weight is 453 g/mol. The van der Waals surface area contributed by atoms with Gasteiger partial charge in [-0.25, -0.2) is 4.98 Å². The molecular formula is C25H32N4O2S. The van der Waals surface area contributed by atoms with Crippen LogP contribution in [0.4, 0.5) is 5.13 Å². The topological polar surface area (TPSA) is 57.7 Å². The van der Waals surface area contributed by atoms with Crippen molar-refractivity contribution in [1.82, 2.24) is 15.2 Å². The molecule has 0 atom stereocenters. The first-order valence-electron chi connectivity index (χ1n) is 11.5. The first-order valence-corrected chi connectivity index (χ1v) is 12.3. The Morgan fingerprint density at radius 2 is 1.97 bits per heavy atom. The van der Waals surface area contributed by atoms with Gasteiger partial charge in [-0.2, -0.15) is 0 Å². The van der Waals surface area contributed by atoms with Crippen molar-refractivity contribution in [3.05, 3.63) is 53.6 Å². The standard InChI is InChI=1S/C25H32N4O2S/c1-3-4-17-31-21-9-6-8-20(18-21)24(30)26-11-12-28-13-15-29(16-14-28)25-27-23-19(2)7-5-10-22(23)32-25/h5-10,18H,3-4,11-17H2,1-2H3,(H,26,30). The van der Waals surface area contributed by atoms with E-state index in [2.05, 4.69) is 47.2 Å². The number of nitrogens with zero attached hydrogens (tertiary/aromatic N) is 3. The number of unbranched alkanes of at least 4 members (excludes halogenated alkanes) is 1. The number of nitrogens with one attached hydrogen (secondary N) is 1. The molecule has 1 N–H and O–H groups in total. The third-order valence-corrected chi connectivity index (χ3v) is 6.91. The predicted molar refractivity (Wildman–Crippen MR) is 132 cm³/mol. The van der Waals surface area contributed by atoms with Crippen LogP contribution in [-0.4, -0.2) is 61.7 Å². The highest BCUT2D eigenvalue weighted by Gasteiger charge is 2.20. The third-order valence-electron chi connectivity index (χ3n) is 5.83. The Morgan fingerprint density at radius 3 is 2.75 bits per heavy atom. The van der Waals surface area contributed by atoms with Gasteiger partial charge >= 0.3 is 0 Å². The SMILES string of the molecule is CCCCOc1cccc(C(=O)NCCN2CCN(c3nc4c(C)cccc4s3)CC2)c1. The van der Waals surface area contributed by atoms with Crippen molar-refractivity contribution >= 4 is 32.6 Å². The molecule has 7 heteroatoms. The summed E-state index contributed by atoms with van der Waals surface area (Å²) in [5.41, 5.74) is 3.00. The van der Waals surface area contributed by atoms with Crippen LogP contribution in [0.5, 0.6) is 5.75 Å². The molecule has 2 aromatic carbocycles. The zero-order valence-corrected chi connectivity index (χ0v) is 19.8. The molecule has 4 rings (SSSR count). The number of thiazole rings is 1. The van der Waals surface area contributed by atoms with Crippen LogP contribution in [0.2, 0.25) is 0 Å². The maximum atomic E-state index is 12.5. The number of fused-ring (bicyclic) bond motifs is 1. The summed E-state index contributed by atoms with van der Waals surface area (Å²) in [6, 6.07) is 13.8. The molecule has 0 bridgehead atoms. The van der Waals surface area contributed by atoms with E-state index in [9.17, 15) is 4.79 Å². The van der Waals surface area contributed by atoms with Crippen molar-refractivity contribution in [3.63, 3.8) is 0 Å². The lowest BCUT2D eigenvalue weighted by Crippen LogP contribution is -2.48. The summed E-state index contributed by atoms with van der Waals surface area (Å²) in [6.07, 6.45) is 2.11. The summed E-state index contributed by atoms with van der Waals surface area (Å²) in [4.78, 5) is 22.2. The van der Waals surface area contributed by atoms with Crippen molar-refractivity contribution in [2.75, 3.05) is 50.8 Å². The second kappa shape index (κ2) is 10.8.